The quantitative estimate of drug-likeness (QED) is 0.615. The van der Waals surface area contributed by atoms with Crippen LogP contribution in [-0.4, -0.2) is 31.5 Å². The first kappa shape index (κ1) is 15.9. The number of nitrogens with two attached hydrogens (primary N) is 1. The lowest BCUT2D eigenvalue weighted by Gasteiger charge is -2.42. The predicted molar refractivity (Wildman–Crippen MR) is 83.4 cm³/mol. The summed E-state index contributed by atoms with van der Waals surface area (Å²) in [6.07, 6.45) is 2.61. The fourth-order valence-electron chi connectivity index (χ4n) is 2.85. The Morgan fingerprint density at radius 2 is 2.00 bits per heavy atom. The van der Waals surface area contributed by atoms with E-state index in [4.69, 9.17) is 15.3 Å². The zero-order valence-electron chi connectivity index (χ0n) is 11.9. The Balaban J connectivity index is 2.13. The van der Waals surface area contributed by atoms with Crippen molar-refractivity contribution in [2.24, 2.45) is 5.84 Å². The van der Waals surface area contributed by atoms with Crippen molar-refractivity contribution >= 4 is 15.9 Å². The summed E-state index contributed by atoms with van der Waals surface area (Å²) in [5.74, 6) is 5.82. The zero-order valence-corrected chi connectivity index (χ0v) is 13.5. The van der Waals surface area contributed by atoms with Gasteiger partial charge >= 0.3 is 0 Å². The molecule has 0 bridgehead atoms. The fraction of sp³-hybridized carbons (Fsp3) is 0.600. The van der Waals surface area contributed by atoms with Gasteiger partial charge in [0, 0.05) is 37.1 Å². The fourth-order valence-corrected chi connectivity index (χ4v) is 3.12. The maximum absolute atomic E-state index is 6.09. The van der Waals surface area contributed by atoms with Crippen molar-refractivity contribution in [3.05, 3.63) is 34.3 Å². The Kier molecular flexibility index (Phi) is 5.99. The van der Waals surface area contributed by atoms with Crippen molar-refractivity contribution < 1.29 is 9.47 Å². The molecule has 1 aromatic rings. The molecule has 1 unspecified atom stereocenters. The Labute approximate surface area is 129 Å². The maximum atomic E-state index is 6.09. The van der Waals surface area contributed by atoms with Crippen LogP contribution >= 0.6 is 15.9 Å². The van der Waals surface area contributed by atoms with E-state index in [0.717, 1.165) is 36.9 Å². The number of halogens is 1. The topological polar surface area (TPSA) is 56.5 Å². The van der Waals surface area contributed by atoms with Crippen molar-refractivity contribution in [2.45, 2.75) is 37.8 Å². The Hall–Kier alpha value is -0.460. The molecule has 1 atom stereocenters. The molecule has 0 spiro atoms. The van der Waals surface area contributed by atoms with Crippen molar-refractivity contribution in [2.75, 3.05) is 19.8 Å². The molecule has 20 heavy (non-hydrogen) atoms. The highest BCUT2D eigenvalue weighted by Gasteiger charge is 2.40. The second-order valence-electron chi connectivity index (χ2n) is 5.16. The van der Waals surface area contributed by atoms with Crippen LogP contribution in [0.3, 0.4) is 0 Å². The van der Waals surface area contributed by atoms with E-state index in [1.165, 1.54) is 5.56 Å². The molecule has 2 rings (SSSR count). The Morgan fingerprint density at radius 3 is 2.55 bits per heavy atom. The molecule has 1 aromatic carbocycles. The number of hydrogen-bond donors (Lipinski definition) is 2. The predicted octanol–water partition coefficient (Wildman–Crippen LogP) is 2.41. The number of hydrogen-bond acceptors (Lipinski definition) is 4. The molecule has 1 heterocycles. The summed E-state index contributed by atoms with van der Waals surface area (Å²) in [5, 5.41) is 0. The van der Waals surface area contributed by atoms with Crippen LogP contribution in [0.15, 0.2) is 28.7 Å². The number of rotatable bonds is 6. The minimum absolute atomic E-state index is 0.0903. The zero-order chi connectivity index (χ0) is 14.4. The van der Waals surface area contributed by atoms with Gasteiger partial charge < -0.3 is 9.47 Å². The molecule has 0 aliphatic carbocycles. The third-order valence-electron chi connectivity index (χ3n) is 3.96. The van der Waals surface area contributed by atoms with Crippen LogP contribution in [0.1, 0.15) is 25.3 Å². The summed E-state index contributed by atoms with van der Waals surface area (Å²) in [6, 6.07) is 8.44. The molecule has 0 radical (unpaired) electrons. The first-order valence-electron chi connectivity index (χ1n) is 7.12. The normalized spacial score (nSPS) is 19.8. The lowest BCUT2D eigenvalue weighted by atomic mass is 9.83. The Morgan fingerprint density at radius 1 is 1.35 bits per heavy atom. The molecule has 0 amide bonds. The Bertz CT molecular complexity index is 399. The van der Waals surface area contributed by atoms with Gasteiger partial charge in [0.05, 0.1) is 11.6 Å². The molecule has 0 aromatic heterocycles. The molecule has 1 aliphatic heterocycles. The smallest absolute Gasteiger partial charge is 0.0895 e. The van der Waals surface area contributed by atoms with E-state index < -0.39 is 0 Å². The van der Waals surface area contributed by atoms with Crippen LogP contribution in [-0.2, 0) is 15.9 Å². The lowest BCUT2D eigenvalue weighted by Crippen LogP contribution is -2.58. The van der Waals surface area contributed by atoms with Crippen molar-refractivity contribution in [3.8, 4) is 0 Å². The molecule has 1 fully saturated rings. The molecule has 112 valence electrons. The standard InChI is InChI=1S/C15H23BrN2O2/c1-2-20-15(7-9-19-10-8-15)14(18-17)11-12-3-5-13(16)6-4-12/h3-6,14,18H,2,7-11,17H2,1H3. The van der Waals surface area contributed by atoms with Gasteiger partial charge in [0.15, 0.2) is 0 Å². The van der Waals surface area contributed by atoms with Gasteiger partial charge in [0.2, 0.25) is 0 Å². The van der Waals surface area contributed by atoms with E-state index in [0.29, 0.717) is 6.61 Å². The average Bonchev–Trinajstić information content (AvgIpc) is 2.48. The van der Waals surface area contributed by atoms with Gasteiger partial charge in [-0.2, -0.15) is 0 Å². The molecular weight excluding hydrogens is 320 g/mol. The molecular formula is C15H23BrN2O2. The molecule has 3 N–H and O–H groups in total. The largest absolute Gasteiger partial charge is 0.381 e. The summed E-state index contributed by atoms with van der Waals surface area (Å²) in [7, 11) is 0. The summed E-state index contributed by atoms with van der Waals surface area (Å²) in [4.78, 5) is 0. The van der Waals surface area contributed by atoms with E-state index in [1.807, 2.05) is 6.92 Å². The van der Waals surface area contributed by atoms with E-state index in [-0.39, 0.29) is 11.6 Å². The number of benzene rings is 1. The van der Waals surface area contributed by atoms with E-state index >= 15 is 0 Å². The highest BCUT2D eigenvalue weighted by molar-refractivity contribution is 9.10. The minimum atomic E-state index is -0.227. The number of ether oxygens (including phenoxy) is 2. The van der Waals surface area contributed by atoms with Crippen LogP contribution in [0, 0.1) is 0 Å². The molecule has 0 saturated carbocycles. The summed E-state index contributed by atoms with van der Waals surface area (Å²) < 4.78 is 12.7. The van der Waals surface area contributed by atoms with Gasteiger partial charge in [-0.05, 0) is 31.0 Å². The second kappa shape index (κ2) is 7.52. The lowest BCUT2D eigenvalue weighted by molar-refractivity contribution is -0.126. The van der Waals surface area contributed by atoms with Gasteiger partial charge in [-0.15, -0.1) is 0 Å². The van der Waals surface area contributed by atoms with Crippen LogP contribution in [0.5, 0.6) is 0 Å². The van der Waals surface area contributed by atoms with Crippen LogP contribution in [0.4, 0.5) is 0 Å². The van der Waals surface area contributed by atoms with Crippen molar-refractivity contribution in [1.29, 1.82) is 0 Å². The average molecular weight is 343 g/mol. The van der Waals surface area contributed by atoms with Gasteiger partial charge in [-0.25, -0.2) is 0 Å². The summed E-state index contributed by atoms with van der Waals surface area (Å²) >= 11 is 3.46. The highest BCUT2D eigenvalue weighted by Crippen LogP contribution is 2.30. The van der Waals surface area contributed by atoms with Gasteiger partial charge in [0.25, 0.3) is 0 Å². The van der Waals surface area contributed by atoms with Crippen LogP contribution < -0.4 is 11.3 Å². The van der Waals surface area contributed by atoms with E-state index in [2.05, 4.69) is 45.6 Å². The SMILES string of the molecule is CCOC1(C(Cc2ccc(Br)cc2)NN)CCOCC1. The third kappa shape index (κ3) is 3.80. The first-order valence-corrected chi connectivity index (χ1v) is 7.92. The molecule has 4 nitrogen and oxygen atoms in total. The van der Waals surface area contributed by atoms with Gasteiger partial charge in [-0.3, -0.25) is 11.3 Å². The highest BCUT2D eigenvalue weighted by atomic mass is 79.9. The number of hydrazine groups is 1. The van der Waals surface area contributed by atoms with E-state index in [1.54, 1.807) is 0 Å². The van der Waals surface area contributed by atoms with Crippen molar-refractivity contribution in [3.63, 3.8) is 0 Å². The van der Waals surface area contributed by atoms with E-state index in [9.17, 15) is 0 Å². The maximum Gasteiger partial charge on any atom is 0.0895 e. The summed E-state index contributed by atoms with van der Waals surface area (Å²) in [6.45, 7) is 4.19. The van der Waals surface area contributed by atoms with Crippen LogP contribution in [0.25, 0.3) is 0 Å². The third-order valence-corrected chi connectivity index (χ3v) is 4.49. The molecule has 5 heteroatoms. The van der Waals surface area contributed by atoms with Crippen LogP contribution in [0.2, 0.25) is 0 Å². The minimum Gasteiger partial charge on any atom is -0.381 e. The first-order chi connectivity index (χ1) is 9.70. The molecule has 1 saturated heterocycles. The van der Waals surface area contributed by atoms with Crippen molar-refractivity contribution in [1.82, 2.24) is 5.43 Å². The molecule has 1 aliphatic rings. The number of nitrogens with one attached hydrogen (secondary N) is 1. The monoisotopic (exact) mass is 342 g/mol. The summed E-state index contributed by atoms with van der Waals surface area (Å²) in [5.41, 5.74) is 3.99. The van der Waals surface area contributed by atoms with Gasteiger partial charge in [0.1, 0.15) is 0 Å². The van der Waals surface area contributed by atoms with Gasteiger partial charge in [-0.1, -0.05) is 28.1 Å². The second-order valence-corrected chi connectivity index (χ2v) is 6.08.